The fourth-order valence-corrected chi connectivity index (χ4v) is 5.57. The van der Waals surface area contributed by atoms with E-state index in [4.69, 9.17) is 0 Å². The van der Waals surface area contributed by atoms with Crippen LogP contribution in [-0.2, 0) is 9.84 Å². The van der Waals surface area contributed by atoms with Crippen LogP contribution in [-0.4, -0.2) is 31.3 Å². The van der Waals surface area contributed by atoms with Crippen molar-refractivity contribution in [2.45, 2.75) is 23.1 Å². The van der Waals surface area contributed by atoms with E-state index in [9.17, 15) is 13.2 Å². The van der Waals surface area contributed by atoms with Crippen molar-refractivity contribution in [1.29, 1.82) is 0 Å². The molecule has 0 bridgehead atoms. The predicted octanol–water partition coefficient (Wildman–Crippen LogP) is 6.57. The number of sulfone groups is 1. The Kier molecular flexibility index (Phi) is 7.68. The lowest BCUT2D eigenvalue weighted by atomic mass is 9.99. The Morgan fingerprint density at radius 1 is 0.914 bits per heavy atom. The van der Waals surface area contributed by atoms with Crippen LogP contribution in [0.4, 0.5) is 5.69 Å². The predicted molar refractivity (Wildman–Crippen MR) is 144 cm³/mol. The molecule has 0 atom stereocenters. The third kappa shape index (κ3) is 5.81. The Balaban J connectivity index is 1.66. The molecule has 1 amide bonds. The number of thioether (sulfide) groups is 1. The topological polar surface area (TPSA) is 76.1 Å². The molecule has 7 heteroatoms. The minimum Gasteiger partial charge on any atom is -0.322 e. The van der Waals surface area contributed by atoms with Gasteiger partial charge in [0.25, 0.3) is 5.91 Å². The Morgan fingerprint density at radius 3 is 2.40 bits per heavy atom. The molecule has 1 aromatic heterocycles. The van der Waals surface area contributed by atoms with Gasteiger partial charge >= 0.3 is 0 Å². The van der Waals surface area contributed by atoms with Crippen molar-refractivity contribution in [3.8, 4) is 22.4 Å². The van der Waals surface area contributed by atoms with Crippen molar-refractivity contribution in [2.24, 2.45) is 0 Å². The molecule has 3 aromatic carbocycles. The maximum Gasteiger partial charge on any atom is 0.256 e. The summed E-state index contributed by atoms with van der Waals surface area (Å²) in [6.07, 6.45) is 4.27. The zero-order valence-electron chi connectivity index (χ0n) is 19.6. The number of amides is 1. The fraction of sp³-hybridized carbons (Fsp3) is 0.143. The maximum absolute atomic E-state index is 13.3. The molecule has 0 spiro atoms. The van der Waals surface area contributed by atoms with Crippen molar-refractivity contribution in [3.05, 3.63) is 96.7 Å². The molecular formula is C28H26N2O3S2. The van der Waals surface area contributed by atoms with Gasteiger partial charge in [0.1, 0.15) is 0 Å². The highest BCUT2D eigenvalue weighted by molar-refractivity contribution is 7.98. The van der Waals surface area contributed by atoms with E-state index in [1.165, 1.54) is 0 Å². The van der Waals surface area contributed by atoms with E-state index in [1.54, 1.807) is 48.3 Å². The molecule has 35 heavy (non-hydrogen) atoms. The van der Waals surface area contributed by atoms with Crippen LogP contribution in [0.25, 0.3) is 22.4 Å². The lowest BCUT2D eigenvalue weighted by Gasteiger charge is -2.13. The first kappa shape index (κ1) is 24.7. The van der Waals surface area contributed by atoms with E-state index >= 15 is 0 Å². The van der Waals surface area contributed by atoms with Crippen molar-refractivity contribution in [1.82, 2.24) is 4.98 Å². The smallest absolute Gasteiger partial charge is 0.256 e. The number of hydrogen-bond donors (Lipinski definition) is 1. The second-order valence-corrected chi connectivity index (χ2v) is 11.0. The molecule has 0 aliphatic heterocycles. The summed E-state index contributed by atoms with van der Waals surface area (Å²) >= 11 is 1.58. The van der Waals surface area contributed by atoms with Gasteiger partial charge in [-0.25, -0.2) is 8.42 Å². The van der Waals surface area contributed by atoms with Gasteiger partial charge in [-0.05, 0) is 78.4 Å². The van der Waals surface area contributed by atoms with Crippen LogP contribution in [0.3, 0.4) is 0 Å². The number of benzene rings is 3. The normalized spacial score (nSPS) is 11.3. The molecule has 0 saturated heterocycles. The third-order valence-electron chi connectivity index (χ3n) is 5.55. The van der Waals surface area contributed by atoms with Crippen LogP contribution in [0.5, 0.6) is 0 Å². The molecule has 0 unspecified atom stereocenters. The Hall–Kier alpha value is -3.42. The summed E-state index contributed by atoms with van der Waals surface area (Å²) in [6, 6.07) is 25.7. The number of pyridine rings is 1. The third-order valence-corrected chi connectivity index (χ3v) is 8.21. The number of nitrogens with one attached hydrogen (secondary N) is 1. The Morgan fingerprint density at radius 2 is 1.71 bits per heavy atom. The molecule has 5 nitrogen and oxygen atoms in total. The molecule has 1 N–H and O–H groups in total. The van der Waals surface area contributed by atoms with Crippen molar-refractivity contribution in [3.63, 3.8) is 0 Å². The van der Waals surface area contributed by atoms with Crippen LogP contribution >= 0.6 is 11.8 Å². The lowest BCUT2D eigenvalue weighted by Crippen LogP contribution is -2.13. The van der Waals surface area contributed by atoms with E-state index in [2.05, 4.69) is 10.3 Å². The molecule has 0 radical (unpaired) electrons. The SMILES string of the molecule is CCCS(=O)(=O)c1ccc(-c2cc(SC)ccc2C(=O)Nc2cccc(-c3ccccn3)c2)cc1. The molecule has 178 valence electrons. The summed E-state index contributed by atoms with van der Waals surface area (Å²) in [5.74, 6) is -0.131. The first-order valence-electron chi connectivity index (χ1n) is 11.3. The van der Waals surface area contributed by atoms with Gasteiger partial charge in [-0.2, -0.15) is 0 Å². The van der Waals surface area contributed by atoms with E-state index in [1.807, 2.05) is 67.8 Å². The lowest BCUT2D eigenvalue weighted by molar-refractivity contribution is 0.102. The average molecular weight is 503 g/mol. The van der Waals surface area contributed by atoms with Crippen molar-refractivity contribution >= 4 is 33.2 Å². The van der Waals surface area contributed by atoms with Gasteiger partial charge in [0.2, 0.25) is 0 Å². The van der Waals surface area contributed by atoms with E-state index < -0.39 is 9.84 Å². The standard InChI is InChI=1S/C28H26N2O3S2/c1-3-17-35(32,33)24-13-10-20(11-14-24)26-19-23(34-2)12-15-25(26)28(31)30-22-8-6-7-21(18-22)27-9-4-5-16-29-27/h4-16,18-19H,3,17H2,1-2H3,(H,30,31). The van der Waals surface area contributed by atoms with Gasteiger partial charge in [-0.3, -0.25) is 9.78 Å². The molecule has 0 saturated carbocycles. The number of nitrogens with zero attached hydrogens (tertiary/aromatic N) is 1. The molecule has 0 aliphatic rings. The zero-order chi connectivity index (χ0) is 24.8. The van der Waals surface area contributed by atoms with Crippen molar-refractivity contribution < 1.29 is 13.2 Å². The van der Waals surface area contributed by atoms with Gasteiger partial charge in [-0.1, -0.05) is 37.3 Å². The number of hydrogen-bond acceptors (Lipinski definition) is 5. The molecule has 0 aliphatic carbocycles. The highest BCUT2D eigenvalue weighted by Gasteiger charge is 2.17. The Bertz CT molecular complexity index is 1440. The van der Waals surface area contributed by atoms with Crippen LogP contribution in [0.2, 0.25) is 0 Å². The minimum atomic E-state index is -3.30. The van der Waals surface area contributed by atoms with Crippen LogP contribution in [0.15, 0.2) is 101 Å². The van der Waals surface area contributed by atoms with Gasteiger partial charge in [0, 0.05) is 27.9 Å². The largest absolute Gasteiger partial charge is 0.322 e. The zero-order valence-corrected chi connectivity index (χ0v) is 21.2. The number of carbonyl (C=O) groups is 1. The van der Waals surface area contributed by atoms with E-state index in [-0.39, 0.29) is 11.7 Å². The summed E-state index contributed by atoms with van der Waals surface area (Å²) in [5.41, 5.74) is 4.43. The molecule has 0 fully saturated rings. The molecule has 4 rings (SSSR count). The van der Waals surface area contributed by atoms with E-state index in [0.29, 0.717) is 22.6 Å². The maximum atomic E-state index is 13.3. The minimum absolute atomic E-state index is 0.111. The van der Waals surface area contributed by atoms with Crippen molar-refractivity contribution in [2.75, 3.05) is 17.3 Å². The summed E-state index contributed by atoms with van der Waals surface area (Å²) < 4.78 is 24.8. The first-order chi connectivity index (χ1) is 16.9. The average Bonchev–Trinajstić information content (AvgIpc) is 2.89. The fourth-order valence-electron chi connectivity index (χ4n) is 3.80. The van der Waals surface area contributed by atoms with E-state index in [0.717, 1.165) is 27.3 Å². The second kappa shape index (κ2) is 10.9. The number of rotatable bonds is 8. The second-order valence-electron chi connectivity index (χ2n) is 8.00. The summed E-state index contributed by atoms with van der Waals surface area (Å²) in [4.78, 5) is 19.0. The quantitative estimate of drug-likeness (QED) is 0.276. The summed E-state index contributed by atoms with van der Waals surface area (Å²) in [5, 5.41) is 3.00. The number of carbonyl (C=O) groups excluding carboxylic acids is 1. The van der Waals surface area contributed by atoms with Crippen LogP contribution < -0.4 is 5.32 Å². The first-order valence-corrected chi connectivity index (χ1v) is 14.1. The number of aromatic nitrogens is 1. The van der Waals surface area contributed by atoms with Gasteiger partial charge in [-0.15, -0.1) is 11.8 Å². The highest BCUT2D eigenvalue weighted by atomic mass is 32.2. The highest BCUT2D eigenvalue weighted by Crippen LogP contribution is 2.30. The van der Waals surface area contributed by atoms with Gasteiger partial charge < -0.3 is 5.32 Å². The Labute approximate surface area is 210 Å². The number of anilines is 1. The van der Waals surface area contributed by atoms with Gasteiger partial charge in [0.15, 0.2) is 9.84 Å². The molecule has 1 heterocycles. The van der Waals surface area contributed by atoms with Crippen LogP contribution in [0.1, 0.15) is 23.7 Å². The molecular weight excluding hydrogens is 476 g/mol. The summed E-state index contributed by atoms with van der Waals surface area (Å²) in [7, 11) is -3.30. The van der Waals surface area contributed by atoms with Crippen LogP contribution in [0, 0.1) is 0 Å². The van der Waals surface area contributed by atoms with Gasteiger partial charge in [0.05, 0.1) is 16.3 Å². The molecule has 4 aromatic rings. The monoisotopic (exact) mass is 502 g/mol. The summed E-state index contributed by atoms with van der Waals surface area (Å²) in [6.45, 7) is 1.84.